The summed E-state index contributed by atoms with van der Waals surface area (Å²) in [6.45, 7) is 9.48. The monoisotopic (exact) mass is 404 g/mol. The molecule has 0 bridgehead atoms. The van der Waals surface area contributed by atoms with Gasteiger partial charge in [0.05, 0.1) is 6.10 Å². The molecule has 1 aromatic rings. The highest BCUT2D eigenvalue weighted by molar-refractivity contribution is 5.67. The molecule has 1 heterocycles. The number of rotatable bonds is 7. The number of hydrogen-bond acceptors (Lipinski definition) is 7. The normalized spacial score (nSPS) is 26.3. The van der Waals surface area contributed by atoms with Gasteiger partial charge in [0.25, 0.3) is 0 Å². The van der Waals surface area contributed by atoms with Crippen molar-refractivity contribution in [2.45, 2.75) is 58.5 Å². The molecule has 0 amide bonds. The minimum Gasteiger partial charge on any atom is -0.463 e. The first kappa shape index (κ1) is 22.6. The number of carbonyl (C=O) groups is 3. The molecular formula is C22H28O7. The van der Waals surface area contributed by atoms with Crippen LogP contribution in [0.15, 0.2) is 36.9 Å². The maximum Gasteiger partial charge on any atom is 0.303 e. The number of benzene rings is 1. The second-order valence-corrected chi connectivity index (χ2v) is 7.14. The van der Waals surface area contributed by atoms with Crippen molar-refractivity contribution in [3.05, 3.63) is 48.0 Å². The highest BCUT2D eigenvalue weighted by atomic mass is 16.6. The van der Waals surface area contributed by atoms with E-state index in [9.17, 15) is 14.4 Å². The lowest BCUT2D eigenvalue weighted by Gasteiger charge is -2.44. The summed E-state index contributed by atoms with van der Waals surface area (Å²) >= 11 is 0. The molecular weight excluding hydrogens is 376 g/mol. The summed E-state index contributed by atoms with van der Waals surface area (Å²) in [7, 11) is 0. The van der Waals surface area contributed by atoms with E-state index in [0.717, 1.165) is 11.1 Å². The lowest BCUT2D eigenvalue weighted by atomic mass is 9.85. The first-order chi connectivity index (χ1) is 13.7. The second kappa shape index (κ2) is 10.2. The largest absolute Gasteiger partial charge is 0.463 e. The lowest BCUT2D eigenvalue weighted by Crippen LogP contribution is -2.54. The van der Waals surface area contributed by atoms with Crippen molar-refractivity contribution in [1.29, 1.82) is 0 Å². The molecule has 158 valence electrons. The SMILES string of the molecule is C=CCc1cccc(C2OC(COC(C)=O)C(C)C(OC(C)=O)C2OC(C)=O)c1. The molecule has 7 nitrogen and oxygen atoms in total. The summed E-state index contributed by atoms with van der Waals surface area (Å²) < 4.78 is 22.4. The average Bonchev–Trinajstić information content (AvgIpc) is 2.64. The minimum atomic E-state index is -0.834. The van der Waals surface area contributed by atoms with Gasteiger partial charge < -0.3 is 18.9 Å². The molecule has 0 aromatic heterocycles. The van der Waals surface area contributed by atoms with Crippen LogP contribution in [0.1, 0.15) is 44.9 Å². The maximum atomic E-state index is 11.8. The summed E-state index contributed by atoms with van der Waals surface area (Å²) in [5, 5.41) is 0. The van der Waals surface area contributed by atoms with E-state index in [1.54, 1.807) is 6.08 Å². The highest BCUT2D eigenvalue weighted by Crippen LogP contribution is 2.39. The Morgan fingerprint density at radius 3 is 2.31 bits per heavy atom. The number of hydrogen-bond donors (Lipinski definition) is 0. The fraction of sp³-hybridized carbons (Fsp3) is 0.500. The molecule has 7 heteroatoms. The molecule has 2 rings (SSSR count). The summed E-state index contributed by atoms with van der Waals surface area (Å²) in [6.07, 6.45) is -0.359. The van der Waals surface area contributed by atoms with Gasteiger partial charge in [-0.05, 0) is 17.5 Å². The molecule has 0 N–H and O–H groups in total. The molecule has 0 saturated carbocycles. The van der Waals surface area contributed by atoms with E-state index in [4.69, 9.17) is 18.9 Å². The Balaban J connectivity index is 2.44. The van der Waals surface area contributed by atoms with Crippen LogP contribution in [0.25, 0.3) is 0 Å². The van der Waals surface area contributed by atoms with Crippen molar-refractivity contribution in [2.24, 2.45) is 5.92 Å². The van der Waals surface area contributed by atoms with Gasteiger partial charge in [0, 0.05) is 26.7 Å². The summed E-state index contributed by atoms with van der Waals surface area (Å²) in [5.74, 6) is -1.80. The van der Waals surface area contributed by atoms with Crippen molar-refractivity contribution in [3.8, 4) is 0 Å². The van der Waals surface area contributed by atoms with Crippen molar-refractivity contribution in [1.82, 2.24) is 0 Å². The predicted molar refractivity (Wildman–Crippen MR) is 105 cm³/mol. The number of esters is 3. The molecule has 5 unspecified atom stereocenters. The fourth-order valence-corrected chi connectivity index (χ4v) is 3.48. The van der Waals surface area contributed by atoms with Gasteiger partial charge in [0.15, 0.2) is 6.10 Å². The topological polar surface area (TPSA) is 88.1 Å². The molecule has 1 aromatic carbocycles. The third-order valence-electron chi connectivity index (χ3n) is 4.76. The van der Waals surface area contributed by atoms with Crippen LogP contribution in [0.3, 0.4) is 0 Å². The predicted octanol–water partition coefficient (Wildman–Crippen LogP) is 2.92. The Hall–Kier alpha value is -2.67. The van der Waals surface area contributed by atoms with E-state index in [1.807, 2.05) is 31.2 Å². The summed E-state index contributed by atoms with van der Waals surface area (Å²) in [4.78, 5) is 34.8. The van der Waals surface area contributed by atoms with Crippen molar-refractivity contribution in [2.75, 3.05) is 6.61 Å². The van der Waals surface area contributed by atoms with Gasteiger partial charge in [-0.15, -0.1) is 6.58 Å². The average molecular weight is 404 g/mol. The van der Waals surface area contributed by atoms with Gasteiger partial charge in [0.2, 0.25) is 0 Å². The Kier molecular flexibility index (Phi) is 7.96. The first-order valence-electron chi connectivity index (χ1n) is 9.56. The third kappa shape index (κ3) is 6.15. The van der Waals surface area contributed by atoms with Crippen LogP contribution in [0, 0.1) is 5.92 Å². The number of carbonyl (C=O) groups excluding carboxylic acids is 3. The quantitative estimate of drug-likeness (QED) is 0.392. The van der Waals surface area contributed by atoms with Crippen molar-refractivity contribution < 1.29 is 33.3 Å². The lowest BCUT2D eigenvalue weighted by molar-refractivity contribution is -0.232. The Bertz CT molecular complexity index is 757. The minimum absolute atomic E-state index is 0.00387. The standard InChI is InChI=1S/C22H28O7/c1-6-8-17-9-7-10-18(11-17)21-22(28-16(5)25)20(27-15(4)24)13(2)19(29-21)12-26-14(3)23/h6-7,9-11,13,19-22H,1,8,12H2,2-5H3. The molecule has 0 spiro atoms. The molecule has 1 aliphatic heterocycles. The molecule has 29 heavy (non-hydrogen) atoms. The number of allylic oxidation sites excluding steroid dienone is 1. The van der Waals surface area contributed by atoms with Gasteiger partial charge in [0.1, 0.15) is 18.8 Å². The zero-order valence-corrected chi connectivity index (χ0v) is 17.3. The van der Waals surface area contributed by atoms with Crippen LogP contribution >= 0.6 is 0 Å². The van der Waals surface area contributed by atoms with Crippen LogP contribution in [0.4, 0.5) is 0 Å². The molecule has 1 saturated heterocycles. The van der Waals surface area contributed by atoms with Gasteiger partial charge in [-0.1, -0.05) is 37.3 Å². The van der Waals surface area contributed by atoms with Crippen LogP contribution in [0.2, 0.25) is 0 Å². The van der Waals surface area contributed by atoms with Crippen LogP contribution in [-0.2, 0) is 39.8 Å². The highest BCUT2D eigenvalue weighted by Gasteiger charge is 2.48. The number of ether oxygens (including phenoxy) is 4. The van der Waals surface area contributed by atoms with Gasteiger partial charge in [-0.2, -0.15) is 0 Å². The molecule has 0 radical (unpaired) electrons. The molecule has 1 fully saturated rings. The van der Waals surface area contributed by atoms with E-state index in [1.165, 1.54) is 20.8 Å². The van der Waals surface area contributed by atoms with Gasteiger partial charge >= 0.3 is 17.9 Å². The fourth-order valence-electron chi connectivity index (χ4n) is 3.48. The van der Waals surface area contributed by atoms with Crippen molar-refractivity contribution in [3.63, 3.8) is 0 Å². The van der Waals surface area contributed by atoms with E-state index in [0.29, 0.717) is 6.42 Å². The Morgan fingerprint density at radius 1 is 1.07 bits per heavy atom. The van der Waals surface area contributed by atoms with E-state index in [-0.39, 0.29) is 12.5 Å². The first-order valence-corrected chi connectivity index (χ1v) is 9.56. The maximum absolute atomic E-state index is 11.8. The summed E-state index contributed by atoms with van der Waals surface area (Å²) in [5.41, 5.74) is 1.79. The van der Waals surface area contributed by atoms with E-state index >= 15 is 0 Å². The smallest absolute Gasteiger partial charge is 0.303 e. The Morgan fingerprint density at radius 2 is 1.72 bits per heavy atom. The van der Waals surface area contributed by atoms with E-state index < -0.39 is 42.3 Å². The van der Waals surface area contributed by atoms with Crippen molar-refractivity contribution >= 4 is 17.9 Å². The van der Waals surface area contributed by atoms with Crippen LogP contribution in [-0.4, -0.2) is 42.8 Å². The van der Waals surface area contributed by atoms with Gasteiger partial charge in [-0.3, -0.25) is 14.4 Å². The molecule has 5 atom stereocenters. The Labute approximate surface area is 171 Å². The zero-order valence-electron chi connectivity index (χ0n) is 17.3. The summed E-state index contributed by atoms with van der Waals surface area (Å²) in [6, 6.07) is 7.63. The van der Waals surface area contributed by atoms with Crippen LogP contribution in [0.5, 0.6) is 0 Å². The van der Waals surface area contributed by atoms with Gasteiger partial charge in [-0.25, -0.2) is 0 Å². The zero-order chi connectivity index (χ0) is 21.6. The molecule has 1 aliphatic rings. The molecule has 0 aliphatic carbocycles. The third-order valence-corrected chi connectivity index (χ3v) is 4.76. The second-order valence-electron chi connectivity index (χ2n) is 7.14. The van der Waals surface area contributed by atoms with Crippen LogP contribution < -0.4 is 0 Å². The van der Waals surface area contributed by atoms with E-state index in [2.05, 4.69) is 6.58 Å².